The molecule has 1 saturated carbocycles. The summed E-state index contributed by atoms with van der Waals surface area (Å²) in [4.78, 5) is 6.43. The van der Waals surface area contributed by atoms with Gasteiger partial charge in [0.1, 0.15) is 10.6 Å². The standard InChI is InChI=1S/C15H24N2OS/c1-16-11-7-6-8-12-13(11)19-14(17-12)15(18-2)9-4-3-5-10-15/h11,16H,3-10H2,1-2H3. The Morgan fingerprint density at radius 3 is 2.74 bits per heavy atom. The van der Waals surface area contributed by atoms with Gasteiger partial charge in [-0.2, -0.15) is 0 Å². The van der Waals surface area contributed by atoms with Crippen LogP contribution >= 0.6 is 11.3 Å². The van der Waals surface area contributed by atoms with E-state index in [2.05, 4.69) is 12.4 Å². The van der Waals surface area contributed by atoms with Crippen LogP contribution in [0.2, 0.25) is 0 Å². The molecule has 1 unspecified atom stereocenters. The Kier molecular flexibility index (Phi) is 3.92. The molecule has 0 radical (unpaired) electrons. The zero-order valence-corrected chi connectivity index (χ0v) is 12.8. The molecular weight excluding hydrogens is 256 g/mol. The van der Waals surface area contributed by atoms with E-state index in [4.69, 9.17) is 9.72 Å². The van der Waals surface area contributed by atoms with Crippen LogP contribution in [-0.4, -0.2) is 19.1 Å². The molecule has 4 heteroatoms. The van der Waals surface area contributed by atoms with Crippen molar-refractivity contribution in [3.8, 4) is 0 Å². The number of fused-ring (bicyclic) bond motifs is 1. The van der Waals surface area contributed by atoms with Gasteiger partial charge in [0, 0.05) is 18.0 Å². The molecule has 1 aromatic heterocycles. The average molecular weight is 280 g/mol. The van der Waals surface area contributed by atoms with Gasteiger partial charge in [-0.1, -0.05) is 19.3 Å². The zero-order valence-electron chi connectivity index (χ0n) is 12.0. The number of rotatable bonds is 3. The van der Waals surface area contributed by atoms with Crippen molar-refractivity contribution in [3.05, 3.63) is 15.6 Å². The SMILES string of the molecule is CNC1CCCc2nc(C3(OC)CCCCC3)sc21. The molecule has 2 aliphatic carbocycles. The van der Waals surface area contributed by atoms with E-state index in [0.717, 1.165) is 19.3 Å². The van der Waals surface area contributed by atoms with Gasteiger partial charge in [0.25, 0.3) is 0 Å². The van der Waals surface area contributed by atoms with Crippen LogP contribution in [-0.2, 0) is 16.8 Å². The van der Waals surface area contributed by atoms with Crippen LogP contribution in [0.15, 0.2) is 0 Å². The molecule has 1 heterocycles. The number of aromatic nitrogens is 1. The highest BCUT2D eigenvalue weighted by molar-refractivity contribution is 7.12. The number of aryl methyl sites for hydroxylation is 1. The van der Waals surface area contributed by atoms with Gasteiger partial charge in [0.15, 0.2) is 0 Å². The van der Waals surface area contributed by atoms with E-state index in [1.807, 2.05) is 18.4 Å². The minimum absolute atomic E-state index is 0.0848. The van der Waals surface area contributed by atoms with Crippen molar-refractivity contribution in [3.63, 3.8) is 0 Å². The largest absolute Gasteiger partial charge is 0.371 e. The van der Waals surface area contributed by atoms with Crippen molar-refractivity contribution in [2.75, 3.05) is 14.2 Å². The molecule has 19 heavy (non-hydrogen) atoms. The van der Waals surface area contributed by atoms with Crippen LogP contribution in [0, 0.1) is 0 Å². The smallest absolute Gasteiger partial charge is 0.125 e. The lowest BCUT2D eigenvalue weighted by Gasteiger charge is -2.34. The summed E-state index contributed by atoms with van der Waals surface area (Å²) in [6.45, 7) is 0. The van der Waals surface area contributed by atoms with Crippen molar-refractivity contribution in [2.45, 2.75) is 63.0 Å². The molecule has 0 amide bonds. The number of nitrogens with one attached hydrogen (secondary N) is 1. The third kappa shape index (κ3) is 2.34. The third-order valence-electron chi connectivity index (χ3n) is 4.74. The molecule has 1 fully saturated rings. The lowest BCUT2D eigenvalue weighted by Crippen LogP contribution is -2.30. The predicted octanol–water partition coefficient (Wildman–Crippen LogP) is 3.55. The Labute approximate surface area is 119 Å². The molecule has 0 saturated heterocycles. The lowest BCUT2D eigenvalue weighted by atomic mass is 9.85. The summed E-state index contributed by atoms with van der Waals surface area (Å²) in [5, 5.41) is 4.67. The zero-order chi connectivity index (χ0) is 13.3. The van der Waals surface area contributed by atoms with Crippen LogP contribution < -0.4 is 5.32 Å². The first-order valence-electron chi connectivity index (χ1n) is 7.51. The Morgan fingerprint density at radius 2 is 2.05 bits per heavy atom. The number of nitrogens with zero attached hydrogens (tertiary/aromatic N) is 1. The topological polar surface area (TPSA) is 34.2 Å². The number of ether oxygens (including phenoxy) is 1. The second kappa shape index (κ2) is 5.51. The van der Waals surface area contributed by atoms with Crippen LogP contribution in [0.25, 0.3) is 0 Å². The highest BCUT2D eigenvalue weighted by atomic mass is 32.1. The van der Waals surface area contributed by atoms with Crippen LogP contribution in [0.3, 0.4) is 0 Å². The van der Waals surface area contributed by atoms with Gasteiger partial charge < -0.3 is 10.1 Å². The van der Waals surface area contributed by atoms with Gasteiger partial charge in [0.05, 0.1) is 5.69 Å². The number of hydrogen-bond donors (Lipinski definition) is 1. The van der Waals surface area contributed by atoms with Crippen LogP contribution in [0.4, 0.5) is 0 Å². The fourth-order valence-corrected chi connectivity index (χ4v) is 5.00. The molecule has 3 rings (SSSR count). The molecule has 106 valence electrons. The monoisotopic (exact) mass is 280 g/mol. The van der Waals surface area contributed by atoms with E-state index in [1.54, 1.807) is 0 Å². The van der Waals surface area contributed by atoms with Gasteiger partial charge in [-0.05, 0) is 39.2 Å². The predicted molar refractivity (Wildman–Crippen MR) is 78.6 cm³/mol. The molecule has 0 aliphatic heterocycles. The normalized spacial score (nSPS) is 26.1. The van der Waals surface area contributed by atoms with Crippen molar-refractivity contribution >= 4 is 11.3 Å². The summed E-state index contributed by atoms with van der Waals surface area (Å²) in [6, 6.07) is 0.507. The molecule has 1 aromatic rings. The van der Waals surface area contributed by atoms with Crippen molar-refractivity contribution in [2.24, 2.45) is 0 Å². The summed E-state index contributed by atoms with van der Waals surface area (Å²) >= 11 is 1.90. The molecule has 1 atom stereocenters. The summed E-state index contributed by atoms with van der Waals surface area (Å²) < 4.78 is 5.94. The van der Waals surface area contributed by atoms with E-state index < -0.39 is 0 Å². The first kappa shape index (κ1) is 13.5. The second-order valence-electron chi connectivity index (χ2n) is 5.82. The maximum absolute atomic E-state index is 5.94. The Bertz CT molecular complexity index is 437. The van der Waals surface area contributed by atoms with Crippen molar-refractivity contribution in [1.82, 2.24) is 10.3 Å². The first-order chi connectivity index (χ1) is 9.29. The Balaban J connectivity index is 1.94. The summed E-state index contributed by atoms with van der Waals surface area (Å²) in [5.41, 5.74) is 1.24. The minimum atomic E-state index is -0.0848. The summed E-state index contributed by atoms with van der Waals surface area (Å²) in [5.74, 6) is 0. The maximum Gasteiger partial charge on any atom is 0.125 e. The van der Waals surface area contributed by atoms with E-state index in [9.17, 15) is 0 Å². The van der Waals surface area contributed by atoms with Crippen LogP contribution in [0.1, 0.15) is 66.6 Å². The van der Waals surface area contributed by atoms with E-state index in [-0.39, 0.29) is 5.60 Å². The molecular formula is C15H24N2OS. The number of thiazole rings is 1. The average Bonchev–Trinajstić information content (AvgIpc) is 2.92. The second-order valence-corrected chi connectivity index (χ2v) is 6.85. The van der Waals surface area contributed by atoms with Crippen molar-refractivity contribution in [1.29, 1.82) is 0 Å². The minimum Gasteiger partial charge on any atom is -0.371 e. The molecule has 0 spiro atoms. The highest BCUT2D eigenvalue weighted by Gasteiger charge is 2.38. The van der Waals surface area contributed by atoms with Gasteiger partial charge in [-0.25, -0.2) is 4.98 Å². The van der Waals surface area contributed by atoms with E-state index in [1.165, 1.54) is 47.7 Å². The fraction of sp³-hybridized carbons (Fsp3) is 0.800. The molecule has 1 N–H and O–H groups in total. The van der Waals surface area contributed by atoms with Gasteiger partial charge in [0.2, 0.25) is 0 Å². The fourth-order valence-electron chi connectivity index (χ4n) is 3.52. The highest BCUT2D eigenvalue weighted by Crippen LogP contribution is 2.45. The number of methoxy groups -OCH3 is 1. The molecule has 0 aromatic carbocycles. The van der Waals surface area contributed by atoms with E-state index in [0.29, 0.717) is 6.04 Å². The molecule has 3 nitrogen and oxygen atoms in total. The summed E-state index contributed by atoms with van der Waals surface area (Å²) in [6.07, 6.45) is 9.80. The van der Waals surface area contributed by atoms with Crippen molar-refractivity contribution < 1.29 is 4.74 Å². The third-order valence-corrected chi connectivity index (χ3v) is 6.14. The molecule has 0 bridgehead atoms. The van der Waals surface area contributed by atoms with Crippen LogP contribution in [0.5, 0.6) is 0 Å². The maximum atomic E-state index is 5.94. The lowest BCUT2D eigenvalue weighted by molar-refractivity contribution is -0.0447. The Hall–Kier alpha value is -0.450. The van der Waals surface area contributed by atoms with Gasteiger partial charge in [-0.3, -0.25) is 0 Å². The first-order valence-corrected chi connectivity index (χ1v) is 8.33. The van der Waals surface area contributed by atoms with Gasteiger partial charge >= 0.3 is 0 Å². The number of hydrogen-bond acceptors (Lipinski definition) is 4. The van der Waals surface area contributed by atoms with Gasteiger partial charge in [-0.15, -0.1) is 11.3 Å². The quantitative estimate of drug-likeness (QED) is 0.919. The summed E-state index contributed by atoms with van der Waals surface area (Å²) in [7, 11) is 3.92. The molecule has 2 aliphatic rings. The van der Waals surface area contributed by atoms with E-state index >= 15 is 0 Å². The Morgan fingerprint density at radius 1 is 1.26 bits per heavy atom.